The van der Waals surface area contributed by atoms with Crippen molar-refractivity contribution in [1.29, 1.82) is 0 Å². The molecule has 1 rings (SSSR count). The molecule has 1 heterocycles. The van der Waals surface area contributed by atoms with Gasteiger partial charge in [0.1, 0.15) is 0 Å². The van der Waals surface area contributed by atoms with Crippen LogP contribution in [0.1, 0.15) is 25.6 Å². The zero-order chi connectivity index (χ0) is 11.4. The zero-order valence-electron chi connectivity index (χ0n) is 10.2. The lowest BCUT2D eigenvalue weighted by Gasteiger charge is -2.23. The smallest absolute Gasteiger partial charge is 0.203 e. The van der Waals surface area contributed by atoms with Gasteiger partial charge in [0.05, 0.1) is 18.3 Å². The Morgan fingerprint density at radius 1 is 1.53 bits per heavy atom. The molecule has 1 aromatic heterocycles. The van der Waals surface area contributed by atoms with E-state index in [-0.39, 0.29) is 0 Å². The molecule has 86 valence electrons. The van der Waals surface area contributed by atoms with E-state index in [4.69, 9.17) is 4.74 Å². The molecule has 1 unspecified atom stereocenters. The highest BCUT2D eigenvalue weighted by molar-refractivity contribution is 5.28. The molecule has 0 amide bonds. The maximum Gasteiger partial charge on any atom is 0.203 e. The Bertz CT molecular complexity index is 307. The summed E-state index contributed by atoms with van der Waals surface area (Å²) in [6, 6.07) is 0.332. The number of hydrogen-bond acceptors (Lipinski definition) is 3. The van der Waals surface area contributed by atoms with Crippen molar-refractivity contribution in [2.24, 2.45) is 5.92 Å². The van der Waals surface area contributed by atoms with Gasteiger partial charge < -0.3 is 14.6 Å². The first-order chi connectivity index (χ1) is 7.10. The molecule has 1 aromatic rings. The number of nitrogens with one attached hydrogen (secondary N) is 1. The Morgan fingerprint density at radius 3 is 2.67 bits per heavy atom. The first kappa shape index (κ1) is 12.0. The van der Waals surface area contributed by atoms with Gasteiger partial charge in [-0.1, -0.05) is 13.8 Å². The maximum absolute atomic E-state index is 5.25. The summed E-state index contributed by atoms with van der Waals surface area (Å²) < 4.78 is 7.41. The molecule has 0 fully saturated rings. The van der Waals surface area contributed by atoms with Crippen LogP contribution in [0.2, 0.25) is 0 Å². The number of aryl methyl sites for hydroxylation is 1. The first-order valence-corrected chi connectivity index (χ1v) is 5.32. The van der Waals surface area contributed by atoms with Gasteiger partial charge in [-0.3, -0.25) is 0 Å². The molecule has 4 heteroatoms. The molecule has 1 N–H and O–H groups in total. The molecule has 0 aliphatic rings. The van der Waals surface area contributed by atoms with E-state index in [1.165, 1.54) is 0 Å². The minimum absolute atomic E-state index is 0.332. The summed E-state index contributed by atoms with van der Waals surface area (Å²) in [6.45, 7) is 7.10. The molecular formula is C11H21N3O. The second kappa shape index (κ2) is 5.16. The number of nitrogens with zero attached hydrogens (tertiary/aromatic N) is 2. The Kier molecular flexibility index (Phi) is 4.15. The van der Waals surface area contributed by atoms with Crippen molar-refractivity contribution in [2.75, 3.05) is 26.1 Å². The van der Waals surface area contributed by atoms with Gasteiger partial charge in [0.2, 0.25) is 5.95 Å². The van der Waals surface area contributed by atoms with Gasteiger partial charge in [-0.05, 0) is 12.8 Å². The lowest BCUT2D eigenvalue weighted by atomic mass is 10.1. The molecule has 0 spiro atoms. The van der Waals surface area contributed by atoms with Gasteiger partial charge in [-0.2, -0.15) is 0 Å². The van der Waals surface area contributed by atoms with Crippen molar-refractivity contribution in [3.8, 4) is 0 Å². The Morgan fingerprint density at radius 2 is 2.20 bits per heavy atom. The zero-order valence-corrected chi connectivity index (χ0v) is 10.2. The number of hydrogen-bond donors (Lipinski definition) is 1. The van der Waals surface area contributed by atoms with E-state index >= 15 is 0 Å². The van der Waals surface area contributed by atoms with Crippen molar-refractivity contribution >= 4 is 5.95 Å². The summed E-state index contributed by atoms with van der Waals surface area (Å²) in [7, 11) is 3.63. The van der Waals surface area contributed by atoms with Crippen LogP contribution in [0.3, 0.4) is 0 Å². The van der Waals surface area contributed by atoms with Crippen LogP contribution in [0.5, 0.6) is 0 Å². The highest BCUT2D eigenvalue weighted by Gasteiger charge is 2.18. The second-order valence-electron chi connectivity index (χ2n) is 4.13. The van der Waals surface area contributed by atoms with Crippen molar-refractivity contribution < 1.29 is 4.74 Å². The van der Waals surface area contributed by atoms with E-state index in [1.54, 1.807) is 7.11 Å². The summed E-state index contributed by atoms with van der Waals surface area (Å²) >= 11 is 0. The van der Waals surface area contributed by atoms with Crippen LogP contribution in [0.15, 0.2) is 6.20 Å². The standard InChI is InChI=1S/C11H21N3O/c1-8(2)10(7-15-5)14-6-9(3)13-11(14)12-4/h6,8,10H,7H2,1-5H3,(H,12,13). The average molecular weight is 211 g/mol. The normalized spacial score (nSPS) is 13.2. The SMILES string of the molecule is CNc1nc(C)cn1C(COC)C(C)C. The Balaban J connectivity index is 2.98. The maximum atomic E-state index is 5.25. The van der Waals surface area contributed by atoms with Gasteiger partial charge in [0.25, 0.3) is 0 Å². The molecular weight excluding hydrogens is 190 g/mol. The lowest BCUT2D eigenvalue weighted by molar-refractivity contribution is 0.134. The van der Waals surface area contributed by atoms with Crippen LogP contribution in [-0.4, -0.2) is 30.3 Å². The Hall–Kier alpha value is -1.03. The van der Waals surface area contributed by atoms with E-state index in [1.807, 2.05) is 14.0 Å². The third-order valence-corrected chi connectivity index (χ3v) is 2.54. The van der Waals surface area contributed by atoms with E-state index < -0.39 is 0 Å². The minimum Gasteiger partial charge on any atom is -0.383 e. The second-order valence-corrected chi connectivity index (χ2v) is 4.13. The molecule has 1 atom stereocenters. The topological polar surface area (TPSA) is 39.1 Å². The Labute approximate surface area is 91.7 Å². The molecule has 0 bridgehead atoms. The highest BCUT2D eigenvalue weighted by atomic mass is 16.5. The number of rotatable bonds is 5. The quantitative estimate of drug-likeness (QED) is 0.810. The molecule has 0 saturated carbocycles. The van der Waals surface area contributed by atoms with Crippen LogP contribution in [0.4, 0.5) is 5.95 Å². The van der Waals surface area contributed by atoms with Crippen molar-refractivity contribution in [3.63, 3.8) is 0 Å². The highest BCUT2D eigenvalue weighted by Crippen LogP contribution is 2.22. The molecule has 0 radical (unpaired) electrons. The third kappa shape index (κ3) is 2.72. The van der Waals surface area contributed by atoms with E-state index in [9.17, 15) is 0 Å². The number of aromatic nitrogens is 2. The fraction of sp³-hybridized carbons (Fsp3) is 0.727. The van der Waals surface area contributed by atoms with Crippen LogP contribution in [0.25, 0.3) is 0 Å². The number of anilines is 1. The number of methoxy groups -OCH3 is 1. The van der Waals surface area contributed by atoms with Crippen LogP contribution >= 0.6 is 0 Å². The molecule has 0 saturated heterocycles. The summed E-state index contributed by atoms with van der Waals surface area (Å²) in [5, 5.41) is 3.11. The predicted octanol–water partition coefficient (Wildman–Crippen LogP) is 2.08. The number of imidazole rings is 1. The summed E-state index contributed by atoms with van der Waals surface area (Å²) in [5.41, 5.74) is 1.03. The van der Waals surface area contributed by atoms with Crippen molar-refractivity contribution in [2.45, 2.75) is 26.8 Å². The molecule has 0 aliphatic carbocycles. The molecule has 0 aromatic carbocycles. The predicted molar refractivity (Wildman–Crippen MR) is 62.3 cm³/mol. The van der Waals surface area contributed by atoms with Crippen LogP contribution < -0.4 is 5.32 Å². The summed E-state index contributed by atoms with van der Waals surface area (Å²) in [5.74, 6) is 1.42. The van der Waals surface area contributed by atoms with Crippen molar-refractivity contribution in [1.82, 2.24) is 9.55 Å². The fourth-order valence-electron chi connectivity index (χ4n) is 1.72. The van der Waals surface area contributed by atoms with Gasteiger partial charge in [-0.25, -0.2) is 4.98 Å². The average Bonchev–Trinajstić information content (AvgIpc) is 2.55. The van der Waals surface area contributed by atoms with E-state index in [0.29, 0.717) is 18.6 Å². The first-order valence-electron chi connectivity index (χ1n) is 5.32. The molecule has 0 aliphatic heterocycles. The number of ether oxygens (including phenoxy) is 1. The molecule has 4 nitrogen and oxygen atoms in total. The fourth-order valence-corrected chi connectivity index (χ4v) is 1.72. The summed E-state index contributed by atoms with van der Waals surface area (Å²) in [4.78, 5) is 4.41. The largest absolute Gasteiger partial charge is 0.383 e. The van der Waals surface area contributed by atoms with Gasteiger partial charge >= 0.3 is 0 Å². The van der Waals surface area contributed by atoms with Crippen molar-refractivity contribution in [3.05, 3.63) is 11.9 Å². The third-order valence-electron chi connectivity index (χ3n) is 2.54. The monoisotopic (exact) mass is 211 g/mol. The molecule has 15 heavy (non-hydrogen) atoms. The van der Waals surface area contributed by atoms with Gasteiger partial charge in [0.15, 0.2) is 0 Å². The van der Waals surface area contributed by atoms with Crippen LogP contribution in [0, 0.1) is 12.8 Å². The van der Waals surface area contributed by atoms with Gasteiger partial charge in [-0.15, -0.1) is 0 Å². The van der Waals surface area contributed by atoms with E-state index in [0.717, 1.165) is 11.6 Å². The van der Waals surface area contributed by atoms with Crippen LogP contribution in [-0.2, 0) is 4.74 Å². The van der Waals surface area contributed by atoms with Gasteiger partial charge in [0, 0.05) is 20.4 Å². The summed E-state index contributed by atoms with van der Waals surface area (Å²) in [6.07, 6.45) is 2.06. The minimum atomic E-state index is 0.332. The van der Waals surface area contributed by atoms with E-state index in [2.05, 4.69) is 34.9 Å². The lowest BCUT2D eigenvalue weighted by Crippen LogP contribution is -2.21.